The molecule has 0 aliphatic heterocycles. The number of nitrogens with one attached hydrogen (secondary N) is 1. The lowest BCUT2D eigenvalue weighted by molar-refractivity contribution is -0.375. The van der Waals surface area contributed by atoms with Gasteiger partial charge in [0.1, 0.15) is 0 Å². The quantitative estimate of drug-likeness (QED) is 0.627. The third-order valence-electron chi connectivity index (χ3n) is 1.82. The smallest absolute Gasteiger partial charge is 0.176 e. The minimum Gasteiger partial charge on any atom is -0.217 e. The van der Waals surface area contributed by atoms with E-state index in [1.54, 1.807) is 0 Å². The monoisotopic (exact) mass is 364 g/mol. The predicted octanol–water partition coefficient (Wildman–Crippen LogP) is 3.94. The fourth-order valence-corrected chi connectivity index (χ4v) is 2.97. The van der Waals surface area contributed by atoms with Crippen molar-refractivity contribution in [2.75, 3.05) is 0 Å². The third kappa shape index (κ3) is 1.67. The molecule has 2 aromatic rings. The van der Waals surface area contributed by atoms with Gasteiger partial charge in [-0.15, -0.1) is 0 Å². The van der Waals surface area contributed by atoms with Crippen LogP contribution in [0.4, 0.5) is 0 Å². The summed E-state index contributed by atoms with van der Waals surface area (Å²) >= 11 is 10.5. The average molecular weight is 367 g/mol. The Balaban J connectivity index is 2.97. The number of rotatable bonds is 0. The SMILES string of the molecule is Brc1cc(Br)c2cc[nH+]cc2c1Br. The molecule has 0 spiro atoms. The van der Waals surface area contributed by atoms with Gasteiger partial charge in [-0.05, 0) is 37.9 Å². The number of benzene rings is 1. The van der Waals surface area contributed by atoms with Crippen molar-refractivity contribution in [1.82, 2.24) is 0 Å². The second kappa shape index (κ2) is 3.67. The summed E-state index contributed by atoms with van der Waals surface area (Å²) in [7, 11) is 0. The summed E-state index contributed by atoms with van der Waals surface area (Å²) in [6.45, 7) is 0. The van der Waals surface area contributed by atoms with Crippen molar-refractivity contribution >= 4 is 58.6 Å². The highest BCUT2D eigenvalue weighted by molar-refractivity contribution is 9.13. The van der Waals surface area contributed by atoms with Gasteiger partial charge < -0.3 is 0 Å². The van der Waals surface area contributed by atoms with Gasteiger partial charge in [-0.2, -0.15) is 0 Å². The first-order valence-corrected chi connectivity index (χ1v) is 6.01. The van der Waals surface area contributed by atoms with E-state index in [1.165, 1.54) is 5.39 Å². The van der Waals surface area contributed by atoms with E-state index in [9.17, 15) is 0 Å². The van der Waals surface area contributed by atoms with Crippen LogP contribution >= 0.6 is 47.8 Å². The van der Waals surface area contributed by atoms with E-state index >= 15 is 0 Å². The van der Waals surface area contributed by atoms with Crippen molar-refractivity contribution in [3.8, 4) is 0 Å². The van der Waals surface area contributed by atoms with E-state index in [1.807, 2.05) is 24.5 Å². The Morgan fingerprint density at radius 1 is 1.00 bits per heavy atom. The molecule has 1 nitrogen and oxygen atoms in total. The van der Waals surface area contributed by atoms with Gasteiger partial charge in [-0.1, -0.05) is 15.9 Å². The van der Waals surface area contributed by atoms with E-state index in [-0.39, 0.29) is 0 Å². The van der Waals surface area contributed by atoms with Crippen LogP contribution in [-0.4, -0.2) is 0 Å². The highest BCUT2D eigenvalue weighted by Gasteiger charge is 2.08. The fraction of sp³-hybridized carbons (Fsp3) is 0. The second-order valence-corrected chi connectivity index (χ2v) is 5.13. The van der Waals surface area contributed by atoms with Gasteiger partial charge in [-0.25, -0.2) is 4.98 Å². The van der Waals surface area contributed by atoms with Crippen molar-refractivity contribution < 1.29 is 4.98 Å². The molecule has 0 aliphatic carbocycles. The molecule has 1 aromatic carbocycles. The molecule has 0 saturated carbocycles. The molecule has 0 unspecified atom stereocenters. The summed E-state index contributed by atoms with van der Waals surface area (Å²) < 4.78 is 3.21. The normalized spacial score (nSPS) is 10.7. The van der Waals surface area contributed by atoms with Gasteiger partial charge in [0.25, 0.3) is 0 Å². The molecule has 1 N–H and O–H groups in total. The molecule has 13 heavy (non-hydrogen) atoms. The minimum atomic E-state index is 1.05. The van der Waals surface area contributed by atoms with Gasteiger partial charge in [0, 0.05) is 24.9 Å². The van der Waals surface area contributed by atoms with E-state index in [2.05, 4.69) is 52.8 Å². The van der Waals surface area contributed by atoms with Gasteiger partial charge in [0.2, 0.25) is 0 Å². The third-order valence-corrected chi connectivity index (χ3v) is 4.49. The number of aromatic nitrogens is 1. The standard InChI is InChI=1S/C9H4Br3N/c10-7-3-8(11)9(12)6-4-13-2-1-5(6)7/h1-4H/p+1. The van der Waals surface area contributed by atoms with Gasteiger partial charge in [-0.3, -0.25) is 0 Å². The van der Waals surface area contributed by atoms with Crippen molar-refractivity contribution in [1.29, 1.82) is 0 Å². The van der Waals surface area contributed by atoms with Crippen LogP contribution in [-0.2, 0) is 0 Å². The minimum absolute atomic E-state index is 1.05. The highest BCUT2D eigenvalue weighted by Crippen LogP contribution is 2.35. The van der Waals surface area contributed by atoms with Crippen LogP contribution in [0.25, 0.3) is 10.8 Å². The summed E-state index contributed by atoms with van der Waals surface area (Å²) in [5, 5.41) is 2.34. The molecule has 0 saturated heterocycles. The molecule has 66 valence electrons. The average Bonchev–Trinajstić information content (AvgIpc) is 2.15. The van der Waals surface area contributed by atoms with E-state index in [0.717, 1.165) is 18.8 Å². The Labute approximate surface area is 101 Å². The molecule has 0 bridgehead atoms. The largest absolute Gasteiger partial charge is 0.217 e. The van der Waals surface area contributed by atoms with E-state index in [4.69, 9.17) is 0 Å². The maximum absolute atomic E-state index is 3.53. The van der Waals surface area contributed by atoms with Gasteiger partial charge >= 0.3 is 0 Å². The van der Waals surface area contributed by atoms with Crippen LogP contribution in [0.5, 0.6) is 0 Å². The van der Waals surface area contributed by atoms with Crippen molar-refractivity contribution in [2.45, 2.75) is 0 Å². The molecular formula is C9H5Br3N+. The topological polar surface area (TPSA) is 14.1 Å². The number of fused-ring (bicyclic) bond motifs is 1. The zero-order chi connectivity index (χ0) is 9.42. The summed E-state index contributed by atoms with van der Waals surface area (Å²) in [5.41, 5.74) is 0. The Bertz CT molecular complexity index is 468. The molecular weight excluding hydrogens is 362 g/mol. The zero-order valence-electron chi connectivity index (χ0n) is 6.44. The first kappa shape index (κ1) is 9.62. The number of hydrogen-bond acceptors (Lipinski definition) is 0. The van der Waals surface area contributed by atoms with Gasteiger partial charge in [0.15, 0.2) is 12.4 Å². The van der Waals surface area contributed by atoms with Crippen molar-refractivity contribution in [3.63, 3.8) is 0 Å². The lowest BCUT2D eigenvalue weighted by atomic mass is 10.2. The lowest BCUT2D eigenvalue weighted by Crippen LogP contribution is -1.98. The van der Waals surface area contributed by atoms with Crippen LogP contribution in [0, 0.1) is 0 Å². The van der Waals surface area contributed by atoms with E-state index < -0.39 is 0 Å². The summed E-state index contributed by atoms with van der Waals surface area (Å²) in [6, 6.07) is 4.07. The number of aromatic amines is 1. The van der Waals surface area contributed by atoms with Crippen LogP contribution in [0.3, 0.4) is 0 Å². The number of halogens is 3. The Kier molecular flexibility index (Phi) is 2.72. The highest BCUT2D eigenvalue weighted by atomic mass is 79.9. The predicted molar refractivity (Wildman–Crippen MR) is 63.6 cm³/mol. The second-order valence-electron chi connectivity index (χ2n) is 2.63. The molecule has 0 amide bonds. The van der Waals surface area contributed by atoms with Crippen molar-refractivity contribution in [3.05, 3.63) is 37.9 Å². The van der Waals surface area contributed by atoms with Crippen LogP contribution in [0.1, 0.15) is 0 Å². The summed E-state index contributed by atoms with van der Waals surface area (Å²) in [4.78, 5) is 3.06. The molecule has 1 aromatic heterocycles. The van der Waals surface area contributed by atoms with E-state index in [0.29, 0.717) is 0 Å². The number of pyridine rings is 1. The molecule has 0 aliphatic rings. The molecule has 0 fully saturated rings. The molecule has 0 atom stereocenters. The van der Waals surface area contributed by atoms with Crippen LogP contribution < -0.4 is 4.98 Å². The Hall–Kier alpha value is 0.0700. The van der Waals surface area contributed by atoms with Crippen molar-refractivity contribution in [2.24, 2.45) is 0 Å². The fourth-order valence-electron chi connectivity index (χ4n) is 1.20. The molecule has 1 heterocycles. The zero-order valence-corrected chi connectivity index (χ0v) is 11.2. The summed E-state index contributed by atoms with van der Waals surface area (Å²) in [5.74, 6) is 0. The summed E-state index contributed by atoms with van der Waals surface area (Å²) in [6.07, 6.45) is 3.88. The van der Waals surface area contributed by atoms with Crippen LogP contribution in [0.2, 0.25) is 0 Å². The molecule has 0 radical (unpaired) electrons. The molecule has 4 heteroatoms. The maximum Gasteiger partial charge on any atom is 0.176 e. The Morgan fingerprint density at radius 2 is 1.77 bits per heavy atom. The lowest BCUT2D eigenvalue weighted by Gasteiger charge is -2.02. The first-order valence-electron chi connectivity index (χ1n) is 3.63. The van der Waals surface area contributed by atoms with Gasteiger partial charge in [0.05, 0.1) is 5.39 Å². The number of H-pyrrole nitrogens is 1. The molecule has 2 rings (SSSR count). The first-order chi connectivity index (χ1) is 6.20. The number of hydrogen-bond donors (Lipinski definition) is 0. The maximum atomic E-state index is 3.53. The van der Waals surface area contributed by atoms with Crippen LogP contribution in [0.15, 0.2) is 37.9 Å². The Morgan fingerprint density at radius 3 is 2.54 bits per heavy atom.